The highest BCUT2D eigenvalue weighted by Crippen LogP contribution is 2.29. The van der Waals surface area contributed by atoms with Crippen LogP contribution in [0.3, 0.4) is 0 Å². The predicted molar refractivity (Wildman–Crippen MR) is 80.4 cm³/mol. The topological polar surface area (TPSA) is 58.2 Å². The number of hydrogen-bond donors (Lipinski definition) is 2. The van der Waals surface area contributed by atoms with Crippen LogP contribution in [-0.2, 0) is 16.4 Å². The summed E-state index contributed by atoms with van der Waals surface area (Å²) < 4.78 is 27.3. The minimum Gasteiger partial charge on any atom is -0.385 e. The third kappa shape index (κ3) is 2.99. The van der Waals surface area contributed by atoms with E-state index in [1.54, 1.807) is 6.07 Å². The average molecular weight is 294 g/mol. The summed E-state index contributed by atoms with van der Waals surface area (Å²) >= 11 is 0. The van der Waals surface area contributed by atoms with Crippen LogP contribution in [0.4, 0.5) is 5.69 Å². The first kappa shape index (κ1) is 13.9. The Kier molecular flexibility index (Phi) is 3.98. The fourth-order valence-electron chi connectivity index (χ4n) is 2.88. The van der Waals surface area contributed by atoms with Gasteiger partial charge in [0.05, 0.1) is 4.90 Å². The Morgan fingerprint density at radius 2 is 2.10 bits per heavy atom. The van der Waals surface area contributed by atoms with Crippen LogP contribution >= 0.6 is 0 Å². The fourth-order valence-corrected chi connectivity index (χ4v) is 3.98. The van der Waals surface area contributed by atoms with Crippen molar-refractivity contribution in [1.82, 2.24) is 4.72 Å². The van der Waals surface area contributed by atoms with Gasteiger partial charge in [-0.05, 0) is 48.9 Å². The van der Waals surface area contributed by atoms with Crippen molar-refractivity contribution < 1.29 is 8.42 Å². The molecule has 1 saturated carbocycles. The average Bonchev–Trinajstić information content (AvgIpc) is 2.41. The summed E-state index contributed by atoms with van der Waals surface area (Å²) in [7, 11) is -3.35. The highest BCUT2D eigenvalue weighted by atomic mass is 32.2. The van der Waals surface area contributed by atoms with E-state index in [-0.39, 0.29) is 0 Å². The van der Waals surface area contributed by atoms with Crippen molar-refractivity contribution in [3.63, 3.8) is 0 Å². The van der Waals surface area contributed by atoms with Gasteiger partial charge in [0.1, 0.15) is 0 Å². The van der Waals surface area contributed by atoms with Crippen molar-refractivity contribution >= 4 is 15.7 Å². The van der Waals surface area contributed by atoms with Crippen molar-refractivity contribution in [2.75, 3.05) is 18.4 Å². The summed E-state index contributed by atoms with van der Waals surface area (Å²) in [5.41, 5.74) is 2.18. The van der Waals surface area contributed by atoms with Gasteiger partial charge in [0.25, 0.3) is 0 Å². The SMILES string of the molecule is O=S(=O)(NCCC1CCC1)c1ccc2c(c1)CCCN2. The van der Waals surface area contributed by atoms with Crippen LogP contribution in [0.5, 0.6) is 0 Å². The van der Waals surface area contributed by atoms with Crippen LogP contribution < -0.4 is 10.0 Å². The van der Waals surface area contributed by atoms with Crippen molar-refractivity contribution in [2.24, 2.45) is 5.92 Å². The number of anilines is 1. The van der Waals surface area contributed by atoms with E-state index in [2.05, 4.69) is 10.0 Å². The number of rotatable bonds is 5. The van der Waals surface area contributed by atoms with E-state index in [1.807, 2.05) is 12.1 Å². The number of aryl methyl sites for hydroxylation is 1. The van der Waals surface area contributed by atoms with Crippen LogP contribution in [-0.4, -0.2) is 21.5 Å². The van der Waals surface area contributed by atoms with Crippen molar-refractivity contribution in [3.05, 3.63) is 23.8 Å². The second-order valence-corrected chi connectivity index (χ2v) is 7.60. The van der Waals surface area contributed by atoms with E-state index in [9.17, 15) is 8.42 Å². The maximum Gasteiger partial charge on any atom is 0.240 e. The monoisotopic (exact) mass is 294 g/mol. The molecule has 0 bridgehead atoms. The molecule has 0 radical (unpaired) electrons. The van der Waals surface area contributed by atoms with E-state index in [0.717, 1.165) is 43.0 Å². The molecule has 110 valence electrons. The molecule has 2 N–H and O–H groups in total. The van der Waals surface area contributed by atoms with Gasteiger partial charge < -0.3 is 5.32 Å². The second-order valence-electron chi connectivity index (χ2n) is 5.83. The minimum atomic E-state index is -3.35. The zero-order valence-electron chi connectivity index (χ0n) is 11.7. The molecule has 1 heterocycles. The Bertz CT molecular complexity index is 580. The van der Waals surface area contributed by atoms with Gasteiger partial charge in [-0.1, -0.05) is 19.3 Å². The molecular formula is C15H22N2O2S. The van der Waals surface area contributed by atoms with Crippen LogP contribution in [0.15, 0.2) is 23.1 Å². The van der Waals surface area contributed by atoms with Crippen LogP contribution in [0, 0.1) is 5.92 Å². The van der Waals surface area contributed by atoms with E-state index >= 15 is 0 Å². The first-order valence-corrected chi connectivity index (χ1v) is 9.00. The van der Waals surface area contributed by atoms with Crippen molar-refractivity contribution in [1.29, 1.82) is 0 Å². The lowest BCUT2D eigenvalue weighted by molar-refractivity contribution is 0.297. The van der Waals surface area contributed by atoms with E-state index in [4.69, 9.17) is 0 Å². The lowest BCUT2D eigenvalue weighted by Crippen LogP contribution is -2.27. The molecule has 1 aliphatic carbocycles. The molecule has 5 heteroatoms. The standard InChI is InChI=1S/C15H22N2O2S/c18-20(19,17-10-8-12-3-1-4-12)14-6-7-15-13(11-14)5-2-9-16-15/h6-7,11-12,16-17H,1-5,8-10H2. The molecule has 2 aliphatic rings. The normalized spacial score (nSPS) is 19.0. The molecule has 0 unspecified atom stereocenters. The molecular weight excluding hydrogens is 272 g/mol. The van der Waals surface area contributed by atoms with Crippen LogP contribution in [0.1, 0.15) is 37.7 Å². The van der Waals surface area contributed by atoms with Gasteiger partial charge >= 0.3 is 0 Å². The third-order valence-electron chi connectivity index (χ3n) is 4.39. The molecule has 3 rings (SSSR count). The van der Waals surface area contributed by atoms with Gasteiger partial charge in [0, 0.05) is 18.8 Å². The lowest BCUT2D eigenvalue weighted by atomic mass is 9.83. The van der Waals surface area contributed by atoms with Crippen molar-refractivity contribution in [2.45, 2.75) is 43.4 Å². The van der Waals surface area contributed by atoms with Gasteiger partial charge in [-0.3, -0.25) is 0 Å². The highest BCUT2D eigenvalue weighted by molar-refractivity contribution is 7.89. The largest absolute Gasteiger partial charge is 0.385 e. The highest BCUT2D eigenvalue weighted by Gasteiger charge is 2.20. The minimum absolute atomic E-state index is 0.397. The van der Waals surface area contributed by atoms with Crippen LogP contribution in [0.2, 0.25) is 0 Å². The maximum atomic E-state index is 12.3. The Morgan fingerprint density at radius 1 is 1.25 bits per heavy atom. The zero-order valence-corrected chi connectivity index (χ0v) is 12.5. The molecule has 0 saturated heterocycles. The molecule has 20 heavy (non-hydrogen) atoms. The maximum absolute atomic E-state index is 12.3. The molecule has 0 atom stereocenters. The van der Waals surface area contributed by atoms with Gasteiger partial charge in [0.15, 0.2) is 0 Å². The summed E-state index contributed by atoms with van der Waals surface area (Å²) in [5, 5.41) is 3.30. The van der Waals surface area contributed by atoms with Crippen molar-refractivity contribution in [3.8, 4) is 0 Å². The summed E-state index contributed by atoms with van der Waals surface area (Å²) in [6, 6.07) is 5.39. The third-order valence-corrected chi connectivity index (χ3v) is 5.85. The molecule has 1 aromatic rings. The van der Waals surface area contributed by atoms with E-state index in [1.165, 1.54) is 19.3 Å². The van der Waals surface area contributed by atoms with Gasteiger partial charge in [0.2, 0.25) is 10.0 Å². The smallest absolute Gasteiger partial charge is 0.240 e. The number of benzene rings is 1. The number of hydrogen-bond acceptors (Lipinski definition) is 3. The first-order chi connectivity index (χ1) is 9.65. The van der Waals surface area contributed by atoms with Gasteiger partial charge in [-0.25, -0.2) is 13.1 Å². The summed E-state index contributed by atoms with van der Waals surface area (Å²) in [5.74, 6) is 0.727. The van der Waals surface area contributed by atoms with E-state index in [0.29, 0.717) is 11.4 Å². The predicted octanol–water partition coefficient (Wildman–Crippen LogP) is 2.51. The van der Waals surface area contributed by atoms with Gasteiger partial charge in [-0.15, -0.1) is 0 Å². The molecule has 1 aromatic carbocycles. The Hall–Kier alpha value is -1.07. The summed E-state index contributed by atoms with van der Waals surface area (Å²) in [6.45, 7) is 1.53. The Balaban J connectivity index is 1.66. The Morgan fingerprint density at radius 3 is 2.85 bits per heavy atom. The zero-order chi connectivity index (χ0) is 14.0. The quantitative estimate of drug-likeness (QED) is 0.877. The molecule has 1 fully saturated rings. The Labute approximate surface area is 121 Å². The molecule has 1 aliphatic heterocycles. The molecule has 4 nitrogen and oxygen atoms in total. The fraction of sp³-hybridized carbons (Fsp3) is 0.600. The summed E-state index contributed by atoms with van der Waals surface area (Å²) in [6.07, 6.45) is 6.79. The number of nitrogens with one attached hydrogen (secondary N) is 2. The number of sulfonamides is 1. The number of fused-ring (bicyclic) bond motifs is 1. The lowest BCUT2D eigenvalue weighted by Gasteiger charge is -2.25. The van der Waals surface area contributed by atoms with Gasteiger partial charge in [-0.2, -0.15) is 0 Å². The summed E-state index contributed by atoms with van der Waals surface area (Å²) in [4.78, 5) is 0.397. The van der Waals surface area contributed by atoms with Crippen LogP contribution in [0.25, 0.3) is 0 Å². The first-order valence-electron chi connectivity index (χ1n) is 7.52. The molecule has 0 spiro atoms. The molecule has 0 aromatic heterocycles. The second kappa shape index (κ2) is 5.74. The molecule has 0 amide bonds. The van der Waals surface area contributed by atoms with E-state index < -0.39 is 10.0 Å².